The van der Waals surface area contributed by atoms with Gasteiger partial charge in [0.2, 0.25) is 0 Å². The summed E-state index contributed by atoms with van der Waals surface area (Å²) < 4.78 is 1.48. The molecule has 0 aliphatic heterocycles. The van der Waals surface area contributed by atoms with Gasteiger partial charge in [-0.1, -0.05) is 61.3 Å². The van der Waals surface area contributed by atoms with Crippen molar-refractivity contribution in [2.45, 2.75) is 26.3 Å². The van der Waals surface area contributed by atoms with Gasteiger partial charge in [0.05, 0.1) is 12.2 Å². The Morgan fingerprint density at radius 1 is 0.917 bits per heavy atom. The lowest BCUT2D eigenvalue weighted by Crippen LogP contribution is -2.22. The van der Waals surface area contributed by atoms with Crippen LogP contribution in [0.4, 0.5) is 0 Å². The Bertz CT molecular complexity index is 867. The van der Waals surface area contributed by atoms with E-state index in [4.69, 9.17) is 11.6 Å². The zero-order valence-electron chi connectivity index (χ0n) is 13.6. The predicted molar refractivity (Wildman–Crippen MR) is 98.5 cm³/mol. The molecule has 0 fully saturated rings. The topological polar surface area (TPSA) is 34.9 Å². The number of hydrogen-bond donors (Lipinski definition) is 0. The Morgan fingerprint density at radius 3 is 2.25 bits per heavy atom. The highest BCUT2D eigenvalue weighted by atomic mass is 35.5. The van der Waals surface area contributed by atoms with Crippen molar-refractivity contribution in [1.29, 1.82) is 0 Å². The highest BCUT2D eigenvalue weighted by molar-refractivity contribution is 6.30. The second-order valence-corrected chi connectivity index (χ2v) is 6.22. The highest BCUT2D eigenvalue weighted by Crippen LogP contribution is 2.17. The van der Waals surface area contributed by atoms with E-state index in [0.717, 1.165) is 29.7 Å². The first-order chi connectivity index (χ1) is 11.7. The molecule has 122 valence electrons. The van der Waals surface area contributed by atoms with Gasteiger partial charge in [0.15, 0.2) is 0 Å². The summed E-state index contributed by atoms with van der Waals surface area (Å²) in [5.41, 5.74) is 4.00. The van der Waals surface area contributed by atoms with Gasteiger partial charge in [-0.3, -0.25) is 4.79 Å². The Hall–Kier alpha value is -2.39. The Balaban J connectivity index is 1.88. The van der Waals surface area contributed by atoms with Gasteiger partial charge in [0, 0.05) is 16.7 Å². The monoisotopic (exact) mass is 338 g/mol. The van der Waals surface area contributed by atoms with E-state index in [1.54, 1.807) is 12.1 Å². The molecule has 0 aliphatic carbocycles. The summed E-state index contributed by atoms with van der Waals surface area (Å²) in [4.78, 5) is 12.1. The normalized spacial score (nSPS) is 10.8. The molecule has 0 saturated carbocycles. The van der Waals surface area contributed by atoms with E-state index in [-0.39, 0.29) is 5.56 Å². The molecule has 3 aromatic rings. The van der Waals surface area contributed by atoms with Crippen molar-refractivity contribution < 1.29 is 0 Å². The minimum atomic E-state index is -0.115. The maximum absolute atomic E-state index is 12.1. The molecule has 0 N–H and O–H groups in total. The minimum absolute atomic E-state index is 0.115. The van der Waals surface area contributed by atoms with Crippen LogP contribution in [0.25, 0.3) is 11.3 Å². The highest BCUT2D eigenvalue weighted by Gasteiger charge is 2.05. The Labute approximate surface area is 146 Å². The first kappa shape index (κ1) is 16.5. The molecule has 0 amide bonds. The van der Waals surface area contributed by atoms with E-state index < -0.39 is 0 Å². The number of halogens is 1. The lowest BCUT2D eigenvalue weighted by Gasteiger charge is -2.08. The number of hydrogen-bond acceptors (Lipinski definition) is 2. The van der Waals surface area contributed by atoms with Gasteiger partial charge in [-0.25, -0.2) is 4.68 Å². The van der Waals surface area contributed by atoms with E-state index in [9.17, 15) is 4.79 Å². The second-order valence-electron chi connectivity index (χ2n) is 5.79. The summed E-state index contributed by atoms with van der Waals surface area (Å²) in [6.45, 7) is 2.60. The first-order valence-corrected chi connectivity index (χ1v) is 8.45. The third-order valence-corrected chi connectivity index (χ3v) is 4.15. The van der Waals surface area contributed by atoms with Gasteiger partial charge >= 0.3 is 0 Å². The molecule has 0 spiro atoms. The van der Waals surface area contributed by atoms with E-state index in [0.29, 0.717) is 11.6 Å². The number of nitrogens with zero attached hydrogens (tertiary/aromatic N) is 2. The molecule has 0 aliphatic rings. The quantitative estimate of drug-likeness (QED) is 0.683. The van der Waals surface area contributed by atoms with Crippen molar-refractivity contribution >= 4 is 11.6 Å². The van der Waals surface area contributed by atoms with E-state index in [1.165, 1.54) is 10.2 Å². The fourth-order valence-electron chi connectivity index (χ4n) is 2.61. The van der Waals surface area contributed by atoms with Gasteiger partial charge < -0.3 is 0 Å². The minimum Gasteiger partial charge on any atom is -0.268 e. The molecular weight excluding hydrogens is 320 g/mol. The fourth-order valence-corrected chi connectivity index (χ4v) is 2.74. The molecule has 24 heavy (non-hydrogen) atoms. The number of benzene rings is 2. The Kier molecular flexibility index (Phi) is 5.11. The SMILES string of the molecule is CCCc1ccc(-c2ccc(=O)n(Cc3ccc(Cl)cc3)n2)cc1. The number of aromatic nitrogens is 2. The van der Waals surface area contributed by atoms with Crippen LogP contribution in [0.3, 0.4) is 0 Å². The third kappa shape index (κ3) is 3.92. The van der Waals surface area contributed by atoms with Crippen LogP contribution in [-0.2, 0) is 13.0 Å². The molecule has 0 unspecified atom stereocenters. The van der Waals surface area contributed by atoms with Crippen molar-refractivity contribution in [2.75, 3.05) is 0 Å². The van der Waals surface area contributed by atoms with Crippen molar-refractivity contribution in [3.8, 4) is 11.3 Å². The van der Waals surface area contributed by atoms with Crippen molar-refractivity contribution in [2.24, 2.45) is 0 Å². The summed E-state index contributed by atoms with van der Waals surface area (Å²) in [7, 11) is 0. The standard InChI is InChI=1S/C20H19ClN2O/c1-2-3-15-4-8-17(9-5-15)19-12-13-20(24)23(22-19)14-16-6-10-18(21)11-7-16/h4-13H,2-3,14H2,1H3. The number of rotatable bonds is 5. The van der Waals surface area contributed by atoms with Crippen LogP contribution in [0.2, 0.25) is 5.02 Å². The van der Waals surface area contributed by atoms with Crippen LogP contribution < -0.4 is 5.56 Å². The van der Waals surface area contributed by atoms with Gasteiger partial charge in [-0.05, 0) is 35.7 Å². The van der Waals surface area contributed by atoms with Gasteiger partial charge in [0.1, 0.15) is 0 Å². The maximum atomic E-state index is 12.1. The van der Waals surface area contributed by atoms with Gasteiger partial charge in [0.25, 0.3) is 5.56 Å². The molecule has 0 bridgehead atoms. The first-order valence-electron chi connectivity index (χ1n) is 8.07. The van der Waals surface area contributed by atoms with Crippen LogP contribution >= 0.6 is 11.6 Å². The fraction of sp³-hybridized carbons (Fsp3) is 0.200. The molecule has 0 atom stereocenters. The summed E-state index contributed by atoms with van der Waals surface area (Å²) in [6, 6.07) is 19.1. The van der Waals surface area contributed by atoms with Crippen LogP contribution in [-0.4, -0.2) is 9.78 Å². The molecule has 1 aromatic heterocycles. The third-order valence-electron chi connectivity index (χ3n) is 3.90. The van der Waals surface area contributed by atoms with Crippen LogP contribution in [0.5, 0.6) is 0 Å². The molecule has 0 saturated heterocycles. The predicted octanol–water partition coefficient (Wildman–Crippen LogP) is 4.56. The van der Waals surface area contributed by atoms with Crippen LogP contribution in [0.1, 0.15) is 24.5 Å². The number of aryl methyl sites for hydroxylation is 1. The average molecular weight is 339 g/mol. The Morgan fingerprint density at radius 2 is 1.58 bits per heavy atom. The largest absolute Gasteiger partial charge is 0.268 e. The zero-order chi connectivity index (χ0) is 16.9. The average Bonchev–Trinajstić information content (AvgIpc) is 2.60. The van der Waals surface area contributed by atoms with Gasteiger partial charge in [-0.2, -0.15) is 5.10 Å². The molecule has 4 heteroatoms. The zero-order valence-corrected chi connectivity index (χ0v) is 14.3. The summed E-state index contributed by atoms with van der Waals surface area (Å²) in [5.74, 6) is 0. The maximum Gasteiger partial charge on any atom is 0.267 e. The lowest BCUT2D eigenvalue weighted by molar-refractivity contribution is 0.643. The van der Waals surface area contributed by atoms with Gasteiger partial charge in [-0.15, -0.1) is 0 Å². The summed E-state index contributed by atoms with van der Waals surface area (Å²) in [6.07, 6.45) is 2.20. The molecule has 3 nitrogen and oxygen atoms in total. The van der Waals surface area contributed by atoms with Crippen LogP contribution in [0.15, 0.2) is 65.5 Å². The summed E-state index contributed by atoms with van der Waals surface area (Å²) in [5, 5.41) is 5.19. The molecular formula is C20H19ClN2O. The van der Waals surface area contributed by atoms with Crippen LogP contribution in [0, 0.1) is 0 Å². The van der Waals surface area contributed by atoms with Crippen molar-refractivity contribution in [1.82, 2.24) is 9.78 Å². The molecule has 2 aromatic carbocycles. The summed E-state index contributed by atoms with van der Waals surface area (Å²) >= 11 is 5.90. The second kappa shape index (κ2) is 7.45. The molecule has 1 heterocycles. The van der Waals surface area contributed by atoms with E-state index >= 15 is 0 Å². The van der Waals surface area contributed by atoms with E-state index in [1.807, 2.05) is 24.3 Å². The lowest BCUT2D eigenvalue weighted by atomic mass is 10.1. The van der Waals surface area contributed by atoms with E-state index in [2.05, 4.69) is 36.3 Å². The molecule has 3 rings (SSSR count). The van der Waals surface area contributed by atoms with Crippen molar-refractivity contribution in [3.05, 3.63) is 87.2 Å². The smallest absolute Gasteiger partial charge is 0.267 e. The molecule has 0 radical (unpaired) electrons. The van der Waals surface area contributed by atoms with Crippen molar-refractivity contribution in [3.63, 3.8) is 0 Å².